The van der Waals surface area contributed by atoms with Crippen LogP contribution < -0.4 is 20.3 Å². The van der Waals surface area contributed by atoms with Gasteiger partial charge in [0.15, 0.2) is 11.7 Å². The fraction of sp³-hybridized carbons (Fsp3) is 0.360. The number of benzene rings is 2. The first kappa shape index (κ1) is 24.9. The van der Waals surface area contributed by atoms with Crippen LogP contribution in [0.15, 0.2) is 45.7 Å². The number of hydrogen-bond acceptors (Lipinski definition) is 7. The first-order valence-corrected chi connectivity index (χ1v) is 13.4. The van der Waals surface area contributed by atoms with Crippen molar-refractivity contribution in [2.24, 2.45) is 16.2 Å². The van der Waals surface area contributed by atoms with Gasteiger partial charge in [0, 0.05) is 25.2 Å². The minimum Gasteiger partial charge on any atom is -0.493 e. The number of amides is 2. The van der Waals surface area contributed by atoms with E-state index >= 15 is 0 Å². The van der Waals surface area contributed by atoms with Crippen LogP contribution in [0, 0.1) is 17.7 Å². The third kappa shape index (κ3) is 4.93. The van der Waals surface area contributed by atoms with Crippen LogP contribution in [-0.2, 0) is 19.6 Å². The molecule has 12 heteroatoms. The van der Waals surface area contributed by atoms with Gasteiger partial charge in [0.1, 0.15) is 22.3 Å². The molecule has 1 atom stereocenters. The van der Waals surface area contributed by atoms with Crippen LogP contribution in [0.5, 0.6) is 5.75 Å². The van der Waals surface area contributed by atoms with Gasteiger partial charge in [-0.3, -0.25) is 14.4 Å². The summed E-state index contributed by atoms with van der Waals surface area (Å²) >= 11 is 0. The number of ketones is 1. The molecular formula is C25H25FN4O6S. The molecule has 10 nitrogen and oxygen atoms in total. The summed E-state index contributed by atoms with van der Waals surface area (Å²) < 4.78 is 49.5. The number of ether oxygens (including phenoxy) is 1. The molecular weight excluding hydrogens is 503 g/mol. The van der Waals surface area contributed by atoms with E-state index in [0.29, 0.717) is 18.2 Å². The molecule has 2 N–H and O–H groups in total. The van der Waals surface area contributed by atoms with Crippen molar-refractivity contribution in [3.63, 3.8) is 0 Å². The molecule has 1 saturated carbocycles. The molecule has 2 aromatic rings. The molecule has 0 unspecified atom stereocenters. The van der Waals surface area contributed by atoms with Crippen molar-refractivity contribution in [3.05, 3.63) is 47.8 Å². The largest absolute Gasteiger partial charge is 0.493 e. The third-order valence-corrected chi connectivity index (χ3v) is 7.94. The van der Waals surface area contributed by atoms with E-state index < -0.39 is 33.4 Å². The number of Topliss-reactive ketones (excluding diaryl/α,β-unsaturated/α-hetero) is 1. The molecule has 2 aliphatic heterocycles. The lowest BCUT2D eigenvalue weighted by molar-refractivity contribution is -0.121. The lowest BCUT2D eigenvalue weighted by Crippen LogP contribution is -2.50. The van der Waals surface area contributed by atoms with Crippen molar-refractivity contribution in [1.29, 1.82) is 0 Å². The Hall–Kier alpha value is -3.80. The lowest BCUT2D eigenvalue weighted by atomic mass is 9.88. The van der Waals surface area contributed by atoms with Crippen molar-refractivity contribution >= 4 is 44.8 Å². The van der Waals surface area contributed by atoms with Crippen LogP contribution in [0.2, 0.25) is 0 Å². The first-order chi connectivity index (χ1) is 17.7. The second-order valence-corrected chi connectivity index (χ2v) is 10.8. The number of nitrogens with one attached hydrogen (secondary N) is 2. The molecule has 0 aromatic heterocycles. The summed E-state index contributed by atoms with van der Waals surface area (Å²) in [4.78, 5) is 39.5. The Kier molecular flexibility index (Phi) is 6.44. The Bertz CT molecular complexity index is 1440. The number of nitrogens with zero attached hydrogens (tertiary/aromatic N) is 2. The molecule has 0 radical (unpaired) electrons. The topological polar surface area (TPSA) is 134 Å². The Morgan fingerprint density at radius 1 is 1.22 bits per heavy atom. The number of hydrogen-bond donors (Lipinski definition) is 2. The highest BCUT2D eigenvalue weighted by Gasteiger charge is 2.45. The van der Waals surface area contributed by atoms with Gasteiger partial charge in [0.05, 0.1) is 24.4 Å². The fourth-order valence-corrected chi connectivity index (χ4v) is 5.60. The first-order valence-electron chi connectivity index (χ1n) is 11.9. The number of anilines is 2. The molecule has 2 aromatic carbocycles. The number of amidine groups is 1. The van der Waals surface area contributed by atoms with Gasteiger partial charge in [-0.15, -0.1) is 4.40 Å². The predicted octanol–water partition coefficient (Wildman–Crippen LogP) is 2.50. The van der Waals surface area contributed by atoms with E-state index in [-0.39, 0.29) is 46.7 Å². The van der Waals surface area contributed by atoms with E-state index in [1.165, 1.54) is 42.3 Å². The standard InChI is InChI=1S/C25H25FN4O6S/c1-27-21(31)9-11-36-16-5-6-18-20(13-16)37(34,35)29-24(28-18)22-23(32)17-12-15(26)4-7-19(17)30(25(22)33)10-8-14-2-3-14/h4-7,12-14,22H,2-3,8-11H2,1H3,(H,27,31)(H,28,29)/t22-/m0/s1. The van der Waals surface area contributed by atoms with Crippen molar-refractivity contribution in [2.45, 2.75) is 30.6 Å². The number of carbonyl (C=O) groups excluding carboxylic acids is 3. The van der Waals surface area contributed by atoms with Gasteiger partial charge in [-0.1, -0.05) is 12.8 Å². The van der Waals surface area contributed by atoms with E-state index in [9.17, 15) is 27.2 Å². The zero-order chi connectivity index (χ0) is 26.3. The summed E-state index contributed by atoms with van der Waals surface area (Å²) in [6, 6.07) is 7.86. The van der Waals surface area contributed by atoms with Gasteiger partial charge in [-0.25, -0.2) is 4.39 Å². The Morgan fingerprint density at radius 2 is 2.00 bits per heavy atom. The molecule has 194 valence electrons. The molecule has 0 spiro atoms. The summed E-state index contributed by atoms with van der Waals surface area (Å²) in [6.07, 6.45) is 2.96. The molecule has 1 aliphatic carbocycles. The Balaban J connectivity index is 1.45. The number of fused-ring (bicyclic) bond motifs is 2. The average molecular weight is 529 g/mol. The second-order valence-electron chi connectivity index (χ2n) is 9.19. The average Bonchev–Trinajstić information content (AvgIpc) is 3.69. The van der Waals surface area contributed by atoms with Gasteiger partial charge < -0.3 is 20.3 Å². The highest BCUT2D eigenvalue weighted by Crippen LogP contribution is 2.38. The molecule has 2 heterocycles. The van der Waals surface area contributed by atoms with Gasteiger partial charge in [0.2, 0.25) is 11.8 Å². The van der Waals surface area contributed by atoms with Crippen LogP contribution in [0.25, 0.3) is 0 Å². The molecule has 0 bridgehead atoms. The fourth-order valence-electron chi connectivity index (χ4n) is 4.43. The van der Waals surface area contributed by atoms with Crippen LogP contribution in [0.1, 0.15) is 36.0 Å². The van der Waals surface area contributed by atoms with Crippen LogP contribution in [-0.4, -0.2) is 52.1 Å². The molecule has 3 aliphatic rings. The minimum absolute atomic E-state index is 0.00737. The number of sulfonamides is 1. The van der Waals surface area contributed by atoms with Crippen molar-refractivity contribution < 1.29 is 31.9 Å². The summed E-state index contributed by atoms with van der Waals surface area (Å²) in [7, 11) is -2.81. The van der Waals surface area contributed by atoms with Crippen molar-refractivity contribution in [3.8, 4) is 5.75 Å². The van der Waals surface area contributed by atoms with Crippen LogP contribution >= 0.6 is 0 Å². The van der Waals surface area contributed by atoms with E-state index in [2.05, 4.69) is 15.0 Å². The SMILES string of the molecule is CNC(=O)CCOc1ccc2c(c1)S(=O)(=O)N=C([C@@H]1C(=O)c3cc(F)ccc3N(CCC3CC3)C1=O)N2. The zero-order valence-electron chi connectivity index (χ0n) is 20.0. The van der Waals surface area contributed by atoms with Gasteiger partial charge >= 0.3 is 0 Å². The highest BCUT2D eigenvalue weighted by atomic mass is 32.2. The monoisotopic (exact) mass is 528 g/mol. The van der Waals surface area contributed by atoms with E-state index in [1.807, 2.05) is 0 Å². The highest BCUT2D eigenvalue weighted by molar-refractivity contribution is 7.90. The number of carbonyl (C=O) groups is 3. The molecule has 0 saturated heterocycles. The van der Waals surface area contributed by atoms with Crippen LogP contribution in [0.3, 0.4) is 0 Å². The zero-order valence-corrected chi connectivity index (χ0v) is 20.8. The summed E-state index contributed by atoms with van der Waals surface area (Å²) in [6.45, 7) is 0.372. The Morgan fingerprint density at radius 3 is 2.73 bits per heavy atom. The van der Waals surface area contributed by atoms with E-state index in [1.54, 1.807) is 0 Å². The van der Waals surface area contributed by atoms with Crippen molar-refractivity contribution in [2.75, 3.05) is 30.4 Å². The molecule has 37 heavy (non-hydrogen) atoms. The number of halogens is 1. The third-order valence-electron chi connectivity index (χ3n) is 6.61. The second kappa shape index (κ2) is 9.58. The lowest BCUT2D eigenvalue weighted by Gasteiger charge is -2.34. The number of rotatable bonds is 8. The normalized spacial score (nSPS) is 19.9. The maximum absolute atomic E-state index is 14.1. The maximum Gasteiger partial charge on any atom is 0.286 e. The van der Waals surface area contributed by atoms with Gasteiger partial charge in [0.25, 0.3) is 10.0 Å². The Labute approximate surface area is 212 Å². The maximum atomic E-state index is 14.1. The minimum atomic E-state index is -4.31. The summed E-state index contributed by atoms with van der Waals surface area (Å²) in [5, 5.41) is 5.29. The van der Waals surface area contributed by atoms with Gasteiger partial charge in [-0.2, -0.15) is 8.42 Å². The predicted molar refractivity (Wildman–Crippen MR) is 133 cm³/mol. The molecule has 5 rings (SSSR count). The van der Waals surface area contributed by atoms with E-state index in [4.69, 9.17) is 4.74 Å². The molecule has 2 amide bonds. The quantitative estimate of drug-likeness (QED) is 0.503. The summed E-state index contributed by atoms with van der Waals surface area (Å²) in [5.41, 5.74) is 0.443. The van der Waals surface area contributed by atoms with Gasteiger partial charge in [-0.05, 0) is 42.7 Å². The van der Waals surface area contributed by atoms with Crippen LogP contribution in [0.4, 0.5) is 15.8 Å². The van der Waals surface area contributed by atoms with E-state index in [0.717, 1.165) is 25.3 Å². The smallest absolute Gasteiger partial charge is 0.286 e. The summed E-state index contributed by atoms with van der Waals surface area (Å²) in [5.74, 6) is -3.36. The molecule has 1 fully saturated rings. The van der Waals surface area contributed by atoms with Crippen molar-refractivity contribution in [1.82, 2.24) is 5.32 Å².